The maximum absolute atomic E-state index is 11.7. The third-order valence-electron chi connectivity index (χ3n) is 2.76. The third kappa shape index (κ3) is 1.95. The number of amides is 2. The zero-order valence-electron chi connectivity index (χ0n) is 9.30. The van der Waals surface area contributed by atoms with Crippen molar-refractivity contribution in [3.8, 4) is 0 Å². The van der Waals surface area contributed by atoms with Gasteiger partial charge in [0.15, 0.2) is 0 Å². The van der Waals surface area contributed by atoms with Crippen molar-refractivity contribution in [2.45, 2.75) is 26.3 Å². The van der Waals surface area contributed by atoms with Crippen LogP contribution >= 0.6 is 0 Å². The number of nitrogens with zero attached hydrogens (tertiary/aromatic N) is 1. The first-order chi connectivity index (χ1) is 7.72. The van der Waals surface area contributed by atoms with Crippen molar-refractivity contribution in [3.05, 3.63) is 21.6 Å². The molecule has 0 saturated heterocycles. The lowest BCUT2D eigenvalue weighted by Gasteiger charge is -2.26. The summed E-state index contributed by atoms with van der Waals surface area (Å²) in [6.07, 6.45) is 1.54. The van der Waals surface area contributed by atoms with Crippen LogP contribution in [0.4, 0.5) is 4.79 Å². The molecule has 0 aliphatic carbocycles. The molecule has 0 spiro atoms. The number of carbonyl (C=O) groups is 1. The Labute approximate surface area is 93.0 Å². The number of H-pyrrole nitrogens is 2. The number of aromatic amines is 2. The van der Waals surface area contributed by atoms with Crippen LogP contribution in [-0.4, -0.2) is 34.2 Å². The van der Waals surface area contributed by atoms with E-state index in [4.69, 9.17) is 0 Å². The van der Waals surface area contributed by atoms with E-state index in [-0.39, 0.29) is 11.6 Å². The summed E-state index contributed by atoms with van der Waals surface area (Å²) < 4.78 is 0. The van der Waals surface area contributed by atoms with E-state index in [9.17, 15) is 9.59 Å². The van der Waals surface area contributed by atoms with Gasteiger partial charge < -0.3 is 15.3 Å². The van der Waals surface area contributed by atoms with Crippen LogP contribution in [-0.2, 0) is 13.0 Å². The molecule has 1 aliphatic heterocycles. The summed E-state index contributed by atoms with van der Waals surface area (Å²) in [5.41, 5.74) is 1.53. The minimum atomic E-state index is -0.0661. The van der Waals surface area contributed by atoms with E-state index in [1.807, 2.05) is 6.92 Å². The van der Waals surface area contributed by atoms with E-state index in [0.29, 0.717) is 26.1 Å². The fraction of sp³-hybridized carbons (Fsp3) is 0.600. The minimum Gasteiger partial charge on any atom is -0.338 e. The Kier molecular flexibility index (Phi) is 2.98. The number of urea groups is 1. The quantitative estimate of drug-likeness (QED) is 0.670. The lowest BCUT2D eigenvalue weighted by atomic mass is 10.1. The largest absolute Gasteiger partial charge is 0.338 e. The van der Waals surface area contributed by atoms with Crippen molar-refractivity contribution in [3.63, 3.8) is 0 Å². The van der Waals surface area contributed by atoms with Gasteiger partial charge in [-0.25, -0.2) is 4.79 Å². The molecular weight excluding hydrogens is 208 g/mol. The van der Waals surface area contributed by atoms with Gasteiger partial charge in [-0.2, -0.15) is 0 Å². The van der Waals surface area contributed by atoms with Crippen LogP contribution < -0.4 is 10.9 Å². The van der Waals surface area contributed by atoms with Gasteiger partial charge in [-0.3, -0.25) is 9.89 Å². The zero-order valence-corrected chi connectivity index (χ0v) is 9.30. The number of hydrogen-bond donors (Lipinski definition) is 3. The maximum atomic E-state index is 11.7. The molecule has 0 fully saturated rings. The van der Waals surface area contributed by atoms with Gasteiger partial charge in [0, 0.05) is 18.7 Å². The first-order valence-corrected chi connectivity index (χ1v) is 5.53. The summed E-state index contributed by atoms with van der Waals surface area (Å²) in [6.45, 7) is 3.77. The number of fused-ring (bicyclic) bond motifs is 1. The summed E-state index contributed by atoms with van der Waals surface area (Å²) >= 11 is 0. The summed E-state index contributed by atoms with van der Waals surface area (Å²) in [5, 5.41) is 8.17. The summed E-state index contributed by atoms with van der Waals surface area (Å²) in [7, 11) is 0. The molecule has 0 saturated carbocycles. The fourth-order valence-electron chi connectivity index (χ4n) is 1.85. The Balaban J connectivity index is 2.02. The second kappa shape index (κ2) is 4.42. The number of rotatable bonds is 2. The molecule has 2 amide bonds. The normalized spacial score (nSPS) is 14.7. The van der Waals surface area contributed by atoms with E-state index in [2.05, 4.69) is 15.5 Å². The molecule has 0 atom stereocenters. The molecule has 2 heterocycles. The van der Waals surface area contributed by atoms with Crippen LogP contribution in [0, 0.1) is 0 Å². The maximum Gasteiger partial charge on any atom is 0.317 e. The van der Waals surface area contributed by atoms with Crippen molar-refractivity contribution in [2.75, 3.05) is 13.1 Å². The molecule has 16 heavy (non-hydrogen) atoms. The average molecular weight is 224 g/mol. The monoisotopic (exact) mass is 224 g/mol. The number of aromatic nitrogens is 2. The van der Waals surface area contributed by atoms with Crippen molar-refractivity contribution in [1.29, 1.82) is 0 Å². The topological polar surface area (TPSA) is 81.0 Å². The van der Waals surface area contributed by atoms with E-state index in [1.165, 1.54) is 0 Å². The Hall–Kier alpha value is -1.72. The fourth-order valence-corrected chi connectivity index (χ4v) is 1.85. The molecule has 1 aliphatic rings. The van der Waals surface area contributed by atoms with Gasteiger partial charge >= 0.3 is 6.03 Å². The van der Waals surface area contributed by atoms with Crippen molar-refractivity contribution < 1.29 is 4.79 Å². The van der Waals surface area contributed by atoms with Gasteiger partial charge in [0.2, 0.25) is 0 Å². The van der Waals surface area contributed by atoms with E-state index >= 15 is 0 Å². The molecule has 88 valence electrons. The average Bonchev–Trinajstić information content (AvgIpc) is 2.67. The SMILES string of the molecule is CCCNC(=O)N1CCc2c([nH][nH]c2=O)C1. The Morgan fingerprint density at radius 3 is 3.06 bits per heavy atom. The summed E-state index contributed by atoms with van der Waals surface area (Å²) in [4.78, 5) is 24.7. The molecule has 3 N–H and O–H groups in total. The Morgan fingerprint density at radius 2 is 2.31 bits per heavy atom. The molecule has 0 unspecified atom stereocenters. The van der Waals surface area contributed by atoms with Crippen LogP contribution in [0.25, 0.3) is 0 Å². The lowest BCUT2D eigenvalue weighted by Crippen LogP contribution is -2.43. The standard InChI is InChI=1S/C10H16N4O2/c1-2-4-11-10(16)14-5-3-7-8(6-14)12-13-9(7)15/h2-6H2,1H3,(H,11,16)(H2,12,13,15). The predicted octanol–water partition coefficient (Wildman–Crippen LogP) is 0.181. The highest BCUT2D eigenvalue weighted by molar-refractivity contribution is 5.74. The molecule has 2 rings (SSSR count). The third-order valence-corrected chi connectivity index (χ3v) is 2.76. The molecular formula is C10H16N4O2. The van der Waals surface area contributed by atoms with E-state index in [0.717, 1.165) is 17.7 Å². The highest BCUT2D eigenvalue weighted by Crippen LogP contribution is 2.12. The van der Waals surface area contributed by atoms with Crippen molar-refractivity contribution in [1.82, 2.24) is 20.4 Å². The second-order valence-corrected chi connectivity index (χ2v) is 3.94. The predicted molar refractivity (Wildman–Crippen MR) is 59.2 cm³/mol. The minimum absolute atomic E-state index is 0.0606. The number of hydrogen-bond acceptors (Lipinski definition) is 2. The zero-order chi connectivity index (χ0) is 11.5. The van der Waals surface area contributed by atoms with Crippen molar-refractivity contribution >= 4 is 6.03 Å². The molecule has 1 aromatic heterocycles. The van der Waals surface area contributed by atoms with Gasteiger partial charge in [-0.05, 0) is 12.8 Å². The van der Waals surface area contributed by atoms with Gasteiger partial charge in [0.05, 0.1) is 12.2 Å². The van der Waals surface area contributed by atoms with Crippen LogP contribution in [0.3, 0.4) is 0 Å². The summed E-state index contributed by atoms with van der Waals surface area (Å²) in [6, 6.07) is -0.0606. The van der Waals surface area contributed by atoms with Crippen LogP contribution in [0.2, 0.25) is 0 Å². The second-order valence-electron chi connectivity index (χ2n) is 3.94. The first-order valence-electron chi connectivity index (χ1n) is 5.53. The molecule has 6 nitrogen and oxygen atoms in total. The molecule has 0 radical (unpaired) electrons. The lowest BCUT2D eigenvalue weighted by molar-refractivity contribution is 0.191. The number of nitrogens with one attached hydrogen (secondary N) is 3. The van der Waals surface area contributed by atoms with Gasteiger partial charge in [-0.1, -0.05) is 6.92 Å². The smallest absolute Gasteiger partial charge is 0.317 e. The van der Waals surface area contributed by atoms with Crippen LogP contribution in [0.5, 0.6) is 0 Å². The number of carbonyl (C=O) groups excluding carboxylic acids is 1. The highest BCUT2D eigenvalue weighted by Gasteiger charge is 2.23. The molecule has 6 heteroatoms. The first kappa shape index (κ1) is 10.8. The summed E-state index contributed by atoms with van der Waals surface area (Å²) in [5.74, 6) is 0. The Morgan fingerprint density at radius 1 is 1.50 bits per heavy atom. The van der Waals surface area contributed by atoms with Gasteiger partial charge in [0.25, 0.3) is 5.56 Å². The van der Waals surface area contributed by atoms with Crippen LogP contribution in [0.1, 0.15) is 24.6 Å². The molecule has 0 bridgehead atoms. The van der Waals surface area contributed by atoms with Crippen LogP contribution in [0.15, 0.2) is 4.79 Å². The van der Waals surface area contributed by atoms with Crippen molar-refractivity contribution in [2.24, 2.45) is 0 Å². The molecule has 0 aromatic carbocycles. The van der Waals surface area contributed by atoms with E-state index < -0.39 is 0 Å². The highest BCUT2D eigenvalue weighted by atomic mass is 16.2. The van der Waals surface area contributed by atoms with E-state index in [1.54, 1.807) is 4.90 Å². The van der Waals surface area contributed by atoms with Gasteiger partial charge in [-0.15, -0.1) is 0 Å². The van der Waals surface area contributed by atoms with Gasteiger partial charge in [0.1, 0.15) is 0 Å². The Bertz CT molecular complexity index is 434. The molecule has 1 aromatic rings.